The molecule has 1 aromatic heterocycles. The van der Waals surface area contributed by atoms with Crippen LogP contribution in [0.1, 0.15) is 25.1 Å². The van der Waals surface area contributed by atoms with Crippen molar-refractivity contribution in [2.45, 2.75) is 26.0 Å². The normalized spacial score (nSPS) is 13.2. The fourth-order valence-electron chi connectivity index (χ4n) is 2.16. The number of hydrogen-bond donors (Lipinski definition) is 1. The van der Waals surface area contributed by atoms with Crippen molar-refractivity contribution in [2.24, 2.45) is 5.92 Å². The van der Waals surface area contributed by atoms with Gasteiger partial charge in [-0.05, 0) is 17.9 Å². The van der Waals surface area contributed by atoms with Crippen LogP contribution in [0.25, 0.3) is 10.6 Å². The number of aliphatic hydroxyl groups is 1. The molecule has 6 heteroatoms. The van der Waals surface area contributed by atoms with E-state index in [9.17, 15) is 8.42 Å². The molecule has 0 aliphatic heterocycles. The number of rotatable bonds is 7. The standard InChI is InChI=1S/C16H21NO3S2/c1-3-13-4-6-14(7-5-13)16-17-15(9-21-16)11-22(19,20)10-12(2)8-18/h4-7,9,12,18H,3,8,10-11H2,1-2H3. The quantitative estimate of drug-likeness (QED) is 0.842. The van der Waals surface area contributed by atoms with Gasteiger partial charge in [0.25, 0.3) is 0 Å². The Kier molecular flexibility index (Phi) is 5.72. The molecule has 0 fully saturated rings. The van der Waals surface area contributed by atoms with Crippen molar-refractivity contribution < 1.29 is 13.5 Å². The molecule has 0 aliphatic carbocycles. The summed E-state index contributed by atoms with van der Waals surface area (Å²) in [7, 11) is -3.24. The maximum absolute atomic E-state index is 12.1. The van der Waals surface area contributed by atoms with Crippen molar-refractivity contribution in [3.05, 3.63) is 40.9 Å². The number of sulfone groups is 1. The molecule has 1 aromatic carbocycles. The maximum Gasteiger partial charge on any atom is 0.156 e. The lowest BCUT2D eigenvalue weighted by atomic mass is 10.1. The molecule has 0 amide bonds. The third kappa shape index (κ3) is 4.63. The van der Waals surface area contributed by atoms with E-state index in [1.165, 1.54) is 16.9 Å². The first-order chi connectivity index (χ1) is 10.4. The van der Waals surface area contributed by atoms with Crippen LogP contribution in [-0.4, -0.2) is 30.9 Å². The van der Waals surface area contributed by atoms with Gasteiger partial charge in [-0.2, -0.15) is 0 Å². The van der Waals surface area contributed by atoms with Crippen molar-refractivity contribution in [1.29, 1.82) is 0 Å². The van der Waals surface area contributed by atoms with Crippen LogP contribution in [0.2, 0.25) is 0 Å². The minimum Gasteiger partial charge on any atom is -0.396 e. The summed E-state index contributed by atoms with van der Waals surface area (Å²) in [4.78, 5) is 4.43. The second-order valence-electron chi connectivity index (χ2n) is 5.54. The van der Waals surface area contributed by atoms with Crippen LogP contribution < -0.4 is 0 Å². The molecular formula is C16H21NO3S2. The zero-order chi connectivity index (χ0) is 16.2. The Morgan fingerprint density at radius 1 is 1.27 bits per heavy atom. The van der Waals surface area contributed by atoms with E-state index in [0.29, 0.717) is 5.69 Å². The van der Waals surface area contributed by atoms with Crippen molar-refractivity contribution >= 4 is 21.2 Å². The molecule has 0 saturated carbocycles. The Balaban J connectivity index is 2.10. The molecule has 0 spiro atoms. The van der Waals surface area contributed by atoms with Crippen LogP contribution in [0.3, 0.4) is 0 Å². The predicted molar refractivity (Wildman–Crippen MR) is 90.7 cm³/mol. The molecule has 22 heavy (non-hydrogen) atoms. The van der Waals surface area contributed by atoms with Gasteiger partial charge in [0, 0.05) is 17.6 Å². The summed E-state index contributed by atoms with van der Waals surface area (Å²) in [5.74, 6) is -0.327. The highest BCUT2D eigenvalue weighted by atomic mass is 32.2. The van der Waals surface area contributed by atoms with Gasteiger partial charge in [0.1, 0.15) is 5.01 Å². The number of benzene rings is 1. The summed E-state index contributed by atoms with van der Waals surface area (Å²) < 4.78 is 24.1. The number of nitrogens with zero attached hydrogens (tertiary/aromatic N) is 1. The minimum atomic E-state index is -3.24. The molecule has 0 bridgehead atoms. The second-order valence-corrected chi connectivity index (χ2v) is 8.50. The van der Waals surface area contributed by atoms with Crippen molar-refractivity contribution in [1.82, 2.24) is 4.98 Å². The third-order valence-corrected chi connectivity index (χ3v) is 6.13. The van der Waals surface area contributed by atoms with E-state index in [1.54, 1.807) is 12.3 Å². The van der Waals surface area contributed by atoms with Crippen LogP contribution in [-0.2, 0) is 22.0 Å². The first-order valence-corrected chi connectivity index (χ1v) is 9.98. The summed E-state index contributed by atoms with van der Waals surface area (Å²) in [5, 5.41) is 11.6. The van der Waals surface area contributed by atoms with Gasteiger partial charge >= 0.3 is 0 Å². The van der Waals surface area contributed by atoms with E-state index >= 15 is 0 Å². The largest absolute Gasteiger partial charge is 0.396 e. The van der Waals surface area contributed by atoms with E-state index in [0.717, 1.165) is 17.0 Å². The second kappa shape index (κ2) is 7.35. The number of aromatic nitrogens is 1. The molecule has 0 radical (unpaired) electrons. The number of aliphatic hydroxyl groups excluding tert-OH is 1. The van der Waals surface area contributed by atoms with Crippen LogP contribution >= 0.6 is 11.3 Å². The molecule has 0 saturated heterocycles. The Labute approximate surface area is 135 Å². The van der Waals surface area contributed by atoms with Crippen LogP contribution in [0.15, 0.2) is 29.6 Å². The summed E-state index contributed by atoms with van der Waals surface area (Å²) in [6.07, 6.45) is 0.991. The summed E-state index contributed by atoms with van der Waals surface area (Å²) in [5.41, 5.74) is 2.85. The van der Waals surface area contributed by atoms with Gasteiger partial charge in [0.2, 0.25) is 0 Å². The highest BCUT2D eigenvalue weighted by Crippen LogP contribution is 2.25. The summed E-state index contributed by atoms with van der Waals surface area (Å²) in [6, 6.07) is 8.17. The molecule has 1 heterocycles. The molecule has 120 valence electrons. The van der Waals surface area contributed by atoms with Gasteiger partial charge in [0.15, 0.2) is 9.84 Å². The fraction of sp³-hybridized carbons (Fsp3) is 0.438. The zero-order valence-electron chi connectivity index (χ0n) is 12.8. The molecule has 1 N–H and O–H groups in total. The zero-order valence-corrected chi connectivity index (χ0v) is 14.5. The van der Waals surface area contributed by atoms with Crippen LogP contribution in [0.4, 0.5) is 0 Å². The van der Waals surface area contributed by atoms with Crippen molar-refractivity contribution in [2.75, 3.05) is 12.4 Å². The Morgan fingerprint density at radius 3 is 2.55 bits per heavy atom. The lowest BCUT2D eigenvalue weighted by molar-refractivity contribution is 0.249. The smallest absolute Gasteiger partial charge is 0.156 e. The maximum atomic E-state index is 12.1. The molecule has 2 aromatic rings. The molecule has 1 atom stereocenters. The van der Waals surface area contributed by atoms with E-state index in [-0.39, 0.29) is 24.0 Å². The van der Waals surface area contributed by atoms with Crippen molar-refractivity contribution in [3.63, 3.8) is 0 Å². The minimum absolute atomic E-state index is 0.0123. The molecule has 1 unspecified atom stereocenters. The molecule has 0 aliphatic rings. The average Bonchev–Trinajstić information content (AvgIpc) is 2.94. The molecule has 4 nitrogen and oxygen atoms in total. The summed E-state index contributed by atoms with van der Waals surface area (Å²) >= 11 is 1.46. The van der Waals surface area contributed by atoms with Gasteiger partial charge in [-0.3, -0.25) is 0 Å². The Morgan fingerprint density at radius 2 is 1.95 bits per heavy atom. The number of aryl methyl sites for hydroxylation is 1. The van der Waals surface area contributed by atoms with Gasteiger partial charge in [-0.1, -0.05) is 38.1 Å². The molecular weight excluding hydrogens is 318 g/mol. The highest BCUT2D eigenvalue weighted by molar-refractivity contribution is 7.90. The first-order valence-electron chi connectivity index (χ1n) is 7.28. The Hall–Kier alpha value is -1.24. The lowest BCUT2D eigenvalue weighted by Crippen LogP contribution is -2.18. The van der Waals surface area contributed by atoms with Gasteiger partial charge in [-0.25, -0.2) is 13.4 Å². The van der Waals surface area contributed by atoms with Gasteiger partial charge in [0.05, 0.1) is 17.2 Å². The third-order valence-electron chi connectivity index (χ3n) is 3.38. The number of thiazole rings is 1. The fourth-order valence-corrected chi connectivity index (χ4v) is 4.78. The lowest BCUT2D eigenvalue weighted by Gasteiger charge is -2.07. The van der Waals surface area contributed by atoms with E-state index < -0.39 is 9.84 Å². The van der Waals surface area contributed by atoms with Crippen molar-refractivity contribution in [3.8, 4) is 10.6 Å². The first kappa shape index (κ1) is 17.1. The average molecular weight is 339 g/mol. The monoisotopic (exact) mass is 339 g/mol. The number of hydrogen-bond acceptors (Lipinski definition) is 5. The summed E-state index contributed by atoms with van der Waals surface area (Å²) in [6.45, 7) is 3.71. The Bertz CT molecular complexity index is 705. The topological polar surface area (TPSA) is 67.3 Å². The van der Waals surface area contributed by atoms with Gasteiger partial charge in [-0.15, -0.1) is 11.3 Å². The van der Waals surface area contributed by atoms with E-state index in [1.807, 2.05) is 12.1 Å². The van der Waals surface area contributed by atoms with E-state index in [2.05, 4.69) is 24.0 Å². The van der Waals surface area contributed by atoms with E-state index in [4.69, 9.17) is 5.11 Å². The van der Waals surface area contributed by atoms with Crippen LogP contribution in [0.5, 0.6) is 0 Å². The molecule has 2 rings (SSSR count). The predicted octanol–water partition coefficient (Wildman–Crippen LogP) is 2.92. The van der Waals surface area contributed by atoms with Crippen LogP contribution in [0, 0.1) is 5.92 Å². The van der Waals surface area contributed by atoms with Gasteiger partial charge < -0.3 is 5.11 Å². The SMILES string of the molecule is CCc1ccc(-c2nc(CS(=O)(=O)CC(C)CO)cs2)cc1. The highest BCUT2D eigenvalue weighted by Gasteiger charge is 2.18.